The summed E-state index contributed by atoms with van der Waals surface area (Å²) < 4.78 is 5.54. The van der Waals surface area contributed by atoms with Crippen molar-refractivity contribution >= 4 is 23.2 Å². The van der Waals surface area contributed by atoms with Gasteiger partial charge in [0.05, 0.1) is 16.7 Å². The molecule has 0 amide bonds. The summed E-state index contributed by atoms with van der Waals surface area (Å²) in [5, 5.41) is 1.19. The number of ether oxygens (including phenoxy) is 1. The van der Waals surface area contributed by atoms with Gasteiger partial charge in [-0.1, -0.05) is 35.3 Å². The van der Waals surface area contributed by atoms with Gasteiger partial charge in [0.1, 0.15) is 0 Å². The van der Waals surface area contributed by atoms with Gasteiger partial charge in [0, 0.05) is 25.7 Å². The number of hydrogen-bond donors (Lipinski definition) is 1. The van der Waals surface area contributed by atoms with Crippen molar-refractivity contribution in [1.29, 1.82) is 0 Å². The Labute approximate surface area is 131 Å². The van der Waals surface area contributed by atoms with Gasteiger partial charge in [-0.2, -0.15) is 0 Å². The van der Waals surface area contributed by atoms with E-state index in [0.29, 0.717) is 22.5 Å². The highest BCUT2D eigenvalue weighted by Crippen LogP contribution is 2.32. The van der Waals surface area contributed by atoms with Crippen molar-refractivity contribution in [3.05, 3.63) is 33.8 Å². The van der Waals surface area contributed by atoms with Crippen LogP contribution in [0.15, 0.2) is 18.2 Å². The molecular weight excluding hydrogens is 295 g/mol. The zero-order valence-corrected chi connectivity index (χ0v) is 13.3. The summed E-state index contributed by atoms with van der Waals surface area (Å²) in [5.41, 5.74) is 6.96. The third-order valence-electron chi connectivity index (χ3n) is 3.90. The van der Waals surface area contributed by atoms with E-state index in [9.17, 15) is 0 Å². The van der Waals surface area contributed by atoms with Crippen LogP contribution < -0.4 is 5.73 Å². The van der Waals surface area contributed by atoms with Gasteiger partial charge in [-0.15, -0.1) is 0 Å². The number of nitrogens with zero attached hydrogens (tertiary/aromatic N) is 1. The standard InChI is InChI=1S/C15H22Cl2N2O/c1-19(9-11-4-3-7-20-10-11)14(8-18)12-5-2-6-13(16)15(12)17/h2,5-6,11,14H,3-4,7-10,18H2,1H3. The van der Waals surface area contributed by atoms with Crippen LogP contribution in [0, 0.1) is 5.92 Å². The minimum atomic E-state index is 0.0862. The second-order valence-electron chi connectivity index (χ2n) is 5.42. The third kappa shape index (κ3) is 3.86. The zero-order chi connectivity index (χ0) is 14.5. The van der Waals surface area contributed by atoms with Gasteiger partial charge in [-0.25, -0.2) is 0 Å². The smallest absolute Gasteiger partial charge is 0.0640 e. The van der Waals surface area contributed by atoms with Crippen LogP contribution in [-0.2, 0) is 4.74 Å². The number of benzene rings is 1. The Bertz CT molecular complexity index is 436. The maximum absolute atomic E-state index is 6.31. The number of likely N-dealkylation sites (N-methyl/N-ethyl adjacent to an activating group) is 1. The first-order valence-corrected chi connectivity index (χ1v) is 7.81. The SMILES string of the molecule is CN(CC1CCCOC1)C(CN)c1cccc(Cl)c1Cl. The second kappa shape index (κ2) is 7.62. The first kappa shape index (κ1) is 16.1. The van der Waals surface area contributed by atoms with Crippen LogP contribution in [0.2, 0.25) is 10.0 Å². The molecule has 1 aromatic carbocycles. The Balaban J connectivity index is 2.08. The highest BCUT2D eigenvalue weighted by atomic mass is 35.5. The lowest BCUT2D eigenvalue weighted by Crippen LogP contribution is -2.36. The summed E-state index contributed by atoms with van der Waals surface area (Å²) in [7, 11) is 2.09. The van der Waals surface area contributed by atoms with Crippen molar-refractivity contribution < 1.29 is 4.74 Å². The Morgan fingerprint density at radius 1 is 1.45 bits per heavy atom. The maximum atomic E-state index is 6.31. The minimum absolute atomic E-state index is 0.0862. The van der Waals surface area contributed by atoms with Crippen molar-refractivity contribution in [2.24, 2.45) is 11.7 Å². The lowest BCUT2D eigenvalue weighted by atomic mass is 9.99. The summed E-state index contributed by atoms with van der Waals surface area (Å²) in [6.07, 6.45) is 2.36. The van der Waals surface area contributed by atoms with E-state index in [-0.39, 0.29) is 6.04 Å². The number of nitrogens with two attached hydrogens (primary N) is 1. The second-order valence-corrected chi connectivity index (χ2v) is 6.20. The van der Waals surface area contributed by atoms with E-state index in [1.807, 2.05) is 12.1 Å². The lowest BCUT2D eigenvalue weighted by molar-refractivity contribution is 0.0365. The topological polar surface area (TPSA) is 38.5 Å². The van der Waals surface area contributed by atoms with Crippen molar-refractivity contribution in [3.63, 3.8) is 0 Å². The molecule has 2 unspecified atom stereocenters. The fraction of sp³-hybridized carbons (Fsp3) is 0.600. The number of rotatable bonds is 5. The molecule has 0 spiro atoms. The summed E-state index contributed by atoms with van der Waals surface area (Å²) in [5.74, 6) is 0.570. The average molecular weight is 317 g/mol. The van der Waals surface area contributed by atoms with Gasteiger partial charge in [-0.05, 0) is 37.4 Å². The zero-order valence-electron chi connectivity index (χ0n) is 11.8. The maximum Gasteiger partial charge on any atom is 0.0640 e. The average Bonchev–Trinajstić information content (AvgIpc) is 2.45. The Kier molecular flexibility index (Phi) is 6.12. The molecule has 1 aliphatic heterocycles. The van der Waals surface area contributed by atoms with Gasteiger partial charge in [0.25, 0.3) is 0 Å². The summed E-state index contributed by atoms with van der Waals surface area (Å²) in [4.78, 5) is 2.26. The monoisotopic (exact) mass is 316 g/mol. The molecule has 1 heterocycles. The van der Waals surface area contributed by atoms with E-state index >= 15 is 0 Å². The predicted octanol–water partition coefficient (Wildman–Crippen LogP) is 3.35. The lowest BCUT2D eigenvalue weighted by Gasteiger charge is -2.33. The summed E-state index contributed by atoms with van der Waals surface area (Å²) >= 11 is 12.4. The van der Waals surface area contributed by atoms with Crippen LogP contribution in [0.1, 0.15) is 24.4 Å². The van der Waals surface area contributed by atoms with Crippen LogP contribution in [-0.4, -0.2) is 38.3 Å². The molecule has 0 aliphatic carbocycles. The highest BCUT2D eigenvalue weighted by Gasteiger charge is 2.23. The van der Waals surface area contributed by atoms with E-state index in [1.54, 1.807) is 6.07 Å². The highest BCUT2D eigenvalue weighted by molar-refractivity contribution is 6.42. The van der Waals surface area contributed by atoms with E-state index in [4.69, 9.17) is 33.7 Å². The fourth-order valence-electron chi connectivity index (χ4n) is 2.81. The quantitative estimate of drug-likeness (QED) is 0.905. The molecule has 2 atom stereocenters. The normalized spacial score (nSPS) is 21.1. The first-order chi connectivity index (χ1) is 9.63. The Morgan fingerprint density at radius 2 is 2.25 bits per heavy atom. The van der Waals surface area contributed by atoms with Gasteiger partial charge < -0.3 is 10.5 Å². The minimum Gasteiger partial charge on any atom is -0.381 e. The van der Waals surface area contributed by atoms with Crippen molar-refractivity contribution in [1.82, 2.24) is 4.90 Å². The number of halogens is 2. The molecule has 0 saturated carbocycles. The molecule has 5 heteroatoms. The predicted molar refractivity (Wildman–Crippen MR) is 84.4 cm³/mol. The van der Waals surface area contributed by atoms with E-state index in [1.165, 1.54) is 6.42 Å². The molecule has 0 aromatic heterocycles. The Hall–Kier alpha value is -0.320. The third-order valence-corrected chi connectivity index (χ3v) is 4.73. The summed E-state index contributed by atoms with van der Waals surface area (Å²) in [6.45, 7) is 3.21. The van der Waals surface area contributed by atoms with Crippen LogP contribution in [0.5, 0.6) is 0 Å². The number of hydrogen-bond acceptors (Lipinski definition) is 3. The van der Waals surface area contributed by atoms with E-state index in [2.05, 4.69) is 11.9 Å². The molecule has 0 radical (unpaired) electrons. The fourth-order valence-corrected chi connectivity index (χ4v) is 3.24. The van der Waals surface area contributed by atoms with E-state index in [0.717, 1.165) is 31.7 Å². The van der Waals surface area contributed by atoms with E-state index < -0.39 is 0 Å². The van der Waals surface area contributed by atoms with Crippen LogP contribution in [0.25, 0.3) is 0 Å². The van der Waals surface area contributed by atoms with Gasteiger partial charge in [0.2, 0.25) is 0 Å². The molecular formula is C15H22Cl2N2O. The molecule has 1 aliphatic rings. The largest absolute Gasteiger partial charge is 0.381 e. The molecule has 20 heavy (non-hydrogen) atoms. The Morgan fingerprint density at radius 3 is 2.90 bits per heavy atom. The van der Waals surface area contributed by atoms with Crippen molar-refractivity contribution in [2.45, 2.75) is 18.9 Å². The van der Waals surface area contributed by atoms with Crippen molar-refractivity contribution in [3.8, 4) is 0 Å². The molecule has 1 fully saturated rings. The molecule has 2 rings (SSSR count). The van der Waals surface area contributed by atoms with Crippen LogP contribution in [0.3, 0.4) is 0 Å². The molecule has 112 valence electrons. The van der Waals surface area contributed by atoms with Gasteiger partial charge in [0.15, 0.2) is 0 Å². The van der Waals surface area contributed by atoms with Crippen molar-refractivity contribution in [2.75, 3.05) is 33.4 Å². The van der Waals surface area contributed by atoms with Crippen LogP contribution >= 0.6 is 23.2 Å². The van der Waals surface area contributed by atoms with Crippen LogP contribution in [0.4, 0.5) is 0 Å². The van der Waals surface area contributed by atoms with Gasteiger partial charge >= 0.3 is 0 Å². The molecule has 2 N–H and O–H groups in total. The molecule has 3 nitrogen and oxygen atoms in total. The molecule has 0 bridgehead atoms. The first-order valence-electron chi connectivity index (χ1n) is 7.05. The molecule has 1 saturated heterocycles. The summed E-state index contributed by atoms with van der Waals surface area (Å²) in [6, 6.07) is 5.81. The molecule has 1 aromatic rings. The van der Waals surface area contributed by atoms with Gasteiger partial charge in [-0.3, -0.25) is 4.90 Å².